The fourth-order valence-electron chi connectivity index (χ4n) is 3.65. The van der Waals surface area contributed by atoms with E-state index in [4.69, 9.17) is 0 Å². The second-order valence-corrected chi connectivity index (χ2v) is 8.38. The van der Waals surface area contributed by atoms with E-state index in [0.717, 1.165) is 17.6 Å². The molecule has 2 rings (SSSR count). The van der Waals surface area contributed by atoms with E-state index in [1.165, 1.54) is 24.6 Å². The predicted octanol–water partition coefficient (Wildman–Crippen LogP) is 4.95. The van der Waals surface area contributed by atoms with Crippen molar-refractivity contribution in [3.63, 3.8) is 0 Å². The summed E-state index contributed by atoms with van der Waals surface area (Å²) < 4.78 is 0. The van der Waals surface area contributed by atoms with Crippen LogP contribution >= 0.6 is 0 Å². The number of aromatic hydroxyl groups is 1. The molecule has 5 nitrogen and oxygen atoms in total. The highest BCUT2D eigenvalue weighted by Crippen LogP contribution is 2.20. The highest BCUT2D eigenvalue weighted by molar-refractivity contribution is 6.27. The third-order valence-electron chi connectivity index (χ3n) is 5.47. The number of carbonyl (C=O) groups excluding carboxylic acids is 2. The maximum Gasteiger partial charge on any atom is 0.259 e. The number of aliphatic hydroxyl groups is 1. The maximum atomic E-state index is 12.6. The fourth-order valence-corrected chi connectivity index (χ4v) is 3.65. The van der Waals surface area contributed by atoms with Crippen LogP contribution in [0.15, 0.2) is 71.6 Å². The molecule has 0 bridgehead atoms. The summed E-state index contributed by atoms with van der Waals surface area (Å²) in [5.41, 5.74) is 1.71. The normalized spacial score (nSPS) is 21.0. The average Bonchev–Trinajstić information content (AvgIpc) is 2.99. The van der Waals surface area contributed by atoms with Gasteiger partial charge < -0.3 is 15.5 Å². The second-order valence-electron chi connectivity index (χ2n) is 8.38. The van der Waals surface area contributed by atoms with E-state index < -0.39 is 17.7 Å². The number of hydrogen-bond acceptors (Lipinski definition) is 4. The molecule has 3 N–H and O–H groups in total. The van der Waals surface area contributed by atoms with Gasteiger partial charge in [0.05, 0.1) is 6.04 Å². The number of carbonyl (C=O) groups is 2. The third-order valence-corrected chi connectivity index (χ3v) is 5.47. The maximum absolute atomic E-state index is 12.6. The Kier molecular flexibility index (Phi) is 8.86. The van der Waals surface area contributed by atoms with Gasteiger partial charge in [-0.05, 0) is 49.0 Å². The summed E-state index contributed by atoms with van der Waals surface area (Å²) in [5.74, 6) is -0.0259. The van der Waals surface area contributed by atoms with Crippen LogP contribution in [0.3, 0.4) is 0 Å². The molecule has 0 aromatic heterocycles. The summed E-state index contributed by atoms with van der Waals surface area (Å²) in [6.07, 6.45) is 11.5. The fraction of sp³-hybridized carbons (Fsp3) is 0.385. The molecule has 166 valence electrons. The topological polar surface area (TPSA) is 86.6 Å². The smallest absolute Gasteiger partial charge is 0.259 e. The van der Waals surface area contributed by atoms with Crippen LogP contribution in [0, 0.1) is 11.8 Å². The lowest BCUT2D eigenvalue weighted by molar-refractivity contribution is -0.117. The zero-order valence-electron chi connectivity index (χ0n) is 18.8. The van der Waals surface area contributed by atoms with Gasteiger partial charge in [0.25, 0.3) is 5.91 Å². The van der Waals surface area contributed by atoms with E-state index >= 15 is 0 Å². The van der Waals surface area contributed by atoms with E-state index in [1.54, 1.807) is 24.3 Å². The summed E-state index contributed by atoms with van der Waals surface area (Å²) in [7, 11) is 0. The molecular formula is C26H33NO4. The van der Waals surface area contributed by atoms with Crippen LogP contribution in [0.1, 0.15) is 46.1 Å². The van der Waals surface area contributed by atoms with E-state index in [0.29, 0.717) is 18.3 Å². The Hall–Kier alpha value is -3.08. The number of allylic oxidation sites excluding steroid dienone is 6. The molecule has 1 aliphatic heterocycles. The minimum atomic E-state index is -0.727. The standard InChI is InChI=1S/C26H33NO4/c1-5-17(2)14-19(4)15-18(3)8-6-7-9-23(29)24-25(30)22(27-26(24)31)16-20-10-12-21(28)13-11-20/h6-13,15,17,19,22,28-29H,5,14,16H2,1-4H3,(H,27,31)/b8-6+,9-7+,18-15+,24-23+/t17-,19-,22-/m1/s1. The summed E-state index contributed by atoms with van der Waals surface area (Å²) in [6.45, 7) is 8.68. The van der Waals surface area contributed by atoms with Crippen molar-refractivity contribution in [2.45, 2.75) is 53.0 Å². The molecule has 0 spiro atoms. The molecular weight excluding hydrogens is 390 g/mol. The van der Waals surface area contributed by atoms with Gasteiger partial charge in [0.15, 0.2) is 5.78 Å². The zero-order chi connectivity index (χ0) is 23.0. The molecule has 0 saturated carbocycles. The summed E-state index contributed by atoms with van der Waals surface area (Å²) in [4.78, 5) is 24.8. The molecule has 1 amide bonds. The van der Waals surface area contributed by atoms with Crippen LogP contribution in [-0.4, -0.2) is 27.9 Å². The lowest BCUT2D eigenvalue weighted by Crippen LogP contribution is -2.31. The Morgan fingerprint density at radius 2 is 1.77 bits per heavy atom. The van der Waals surface area contributed by atoms with E-state index in [1.807, 2.05) is 13.0 Å². The molecule has 1 heterocycles. The summed E-state index contributed by atoms with van der Waals surface area (Å²) in [6, 6.07) is 5.72. The molecule has 5 heteroatoms. The predicted molar refractivity (Wildman–Crippen MR) is 124 cm³/mol. The molecule has 0 unspecified atom stereocenters. The number of amides is 1. The van der Waals surface area contributed by atoms with Gasteiger partial charge in [-0.25, -0.2) is 0 Å². The van der Waals surface area contributed by atoms with Crippen LogP contribution in [0.2, 0.25) is 0 Å². The van der Waals surface area contributed by atoms with Crippen molar-refractivity contribution in [3.8, 4) is 5.75 Å². The monoisotopic (exact) mass is 423 g/mol. The largest absolute Gasteiger partial charge is 0.508 e. The number of Topliss-reactive ketones (excluding diaryl/α,β-unsaturated/α-hetero) is 1. The lowest BCUT2D eigenvalue weighted by atomic mass is 9.94. The van der Waals surface area contributed by atoms with Gasteiger partial charge in [0.1, 0.15) is 17.1 Å². The highest BCUT2D eigenvalue weighted by Gasteiger charge is 2.37. The first kappa shape index (κ1) is 24.2. The SMILES string of the molecule is CC[C@@H](C)C[C@@H](C)/C=C(C)/C=C/C=C/C(O)=C1\C(=O)N[C@H](Cc2ccc(O)cc2)C1=O. The zero-order valence-corrected chi connectivity index (χ0v) is 18.8. The number of benzene rings is 1. The number of rotatable bonds is 9. The van der Waals surface area contributed by atoms with Crippen molar-refractivity contribution in [2.24, 2.45) is 11.8 Å². The van der Waals surface area contributed by atoms with Crippen molar-refractivity contribution in [3.05, 3.63) is 77.1 Å². The number of aliphatic hydroxyl groups excluding tert-OH is 1. The average molecular weight is 424 g/mol. The van der Waals surface area contributed by atoms with Gasteiger partial charge >= 0.3 is 0 Å². The molecule has 1 aromatic rings. The summed E-state index contributed by atoms with van der Waals surface area (Å²) >= 11 is 0. The Morgan fingerprint density at radius 1 is 1.13 bits per heavy atom. The quantitative estimate of drug-likeness (QED) is 0.227. The van der Waals surface area contributed by atoms with Crippen LogP contribution < -0.4 is 5.32 Å². The number of nitrogens with one attached hydrogen (secondary N) is 1. The first-order valence-electron chi connectivity index (χ1n) is 10.8. The molecule has 1 saturated heterocycles. The van der Waals surface area contributed by atoms with Gasteiger partial charge in [-0.3, -0.25) is 9.59 Å². The van der Waals surface area contributed by atoms with E-state index in [2.05, 4.69) is 32.2 Å². The summed E-state index contributed by atoms with van der Waals surface area (Å²) in [5, 5.41) is 22.3. The molecule has 1 aliphatic rings. The van der Waals surface area contributed by atoms with E-state index in [9.17, 15) is 19.8 Å². The first-order chi connectivity index (χ1) is 14.7. The second kappa shape index (κ2) is 11.3. The molecule has 1 fully saturated rings. The van der Waals surface area contributed by atoms with Crippen molar-refractivity contribution >= 4 is 11.7 Å². The van der Waals surface area contributed by atoms with Crippen LogP contribution in [0.5, 0.6) is 5.75 Å². The lowest BCUT2D eigenvalue weighted by Gasteiger charge is -2.12. The van der Waals surface area contributed by atoms with E-state index in [-0.39, 0.29) is 17.1 Å². The van der Waals surface area contributed by atoms with Crippen molar-refractivity contribution in [1.29, 1.82) is 0 Å². The van der Waals surface area contributed by atoms with Gasteiger partial charge in [0.2, 0.25) is 0 Å². The van der Waals surface area contributed by atoms with Crippen molar-refractivity contribution in [1.82, 2.24) is 5.32 Å². The molecule has 1 aromatic carbocycles. The van der Waals surface area contributed by atoms with Gasteiger partial charge in [0, 0.05) is 6.42 Å². The van der Waals surface area contributed by atoms with Crippen LogP contribution in [0.4, 0.5) is 0 Å². The van der Waals surface area contributed by atoms with Gasteiger partial charge in [-0.2, -0.15) is 0 Å². The van der Waals surface area contributed by atoms with Crippen molar-refractivity contribution in [2.75, 3.05) is 0 Å². The number of phenolic OH excluding ortho intramolecular Hbond substituents is 1. The number of phenols is 1. The number of ketones is 1. The first-order valence-corrected chi connectivity index (χ1v) is 10.8. The molecule has 31 heavy (non-hydrogen) atoms. The van der Waals surface area contributed by atoms with Gasteiger partial charge in [-0.15, -0.1) is 0 Å². The minimum Gasteiger partial charge on any atom is -0.508 e. The minimum absolute atomic E-state index is 0.136. The highest BCUT2D eigenvalue weighted by atomic mass is 16.3. The Labute approximate surface area is 184 Å². The molecule has 3 atom stereocenters. The molecule has 0 radical (unpaired) electrons. The number of hydrogen-bond donors (Lipinski definition) is 3. The van der Waals surface area contributed by atoms with Crippen LogP contribution in [0.25, 0.3) is 0 Å². The molecule has 0 aliphatic carbocycles. The Bertz CT molecular complexity index is 906. The van der Waals surface area contributed by atoms with Crippen LogP contribution in [-0.2, 0) is 16.0 Å². The third kappa shape index (κ3) is 7.28. The Balaban J connectivity index is 2.00. The Morgan fingerprint density at radius 3 is 2.42 bits per heavy atom. The van der Waals surface area contributed by atoms with Crippen molar-refractivity contribution < 1.29 is 19.8 Å². The van der Waals surface area contributed by atoms with Gasteiger partial charge in [-0.1, -0.05) is 69.2 Å².